The molecule has 1 aliphatic heterocycles. The van der Waals surface area contributed by atoms with Crippen LogP contribution in [0.1, 0.15) is 31.0 Å². The zero-order valence-electron chi connectivity index (χ0n) is 24.8. The fraction of sp³-hybridized carbons (Fsp3) is 0.323. The van der Waals surface area contributed by atoms with Gasteiger partial charge in [-0.3, -0.25) is 14.0 Å². The van der Waals surface area contributed by atoms with Crippen LogP contribution >= 0.6 is 0 Å². The number of benzene rings is 1. The van der Waals surface area contributed by atoms with Gasteiger partial charge in [0.1, 0.15) is 23.1 Å². The number of amides is 1. The summed E-state index contributed by atoms with van der Waals surface area (Å²) in [6.45, 7) is 9.80. The summed E-state index contributed by atoms with van der Waals surface area (Å²) in [6, 6.07) is 5.89. The number of aromatic nitrogens is 4. The van der Waals surface area contributed by atoms with E-state index in [9.17, 15) is 23.3 Å². The van der Waals surface area contributed by atoms with Gasteiger partial charge in [-0.1, -0.05) is 26.5 Å². The van der Waals surface area contributed by atoms with Crippen LogP contribution in [-0.4, -0.2) is 77.3 Å². The summed E-state index contributed by atoms with van der Waals surface area (Å²) in [5.74, 6) is -2.55. The minimum absolute atomic E-state index is 0.0296. The average Bonchev–Trinajstić information content (AvgIpc) is 2.97. The maximum atomic E-state index is 16.0. The van der Waals surface area contributed by atoms with Crippen LogP contribution in [0.25, 0.3) is 28.0 Å². The Labute approximate surface area is 255 Å². The fourth-order valence-corrected chi connectivity index (χ4v) is 6.44. The predicted octanol–water partition coefficient (Wildman–Crippen LogP) is 3.84. The summed E-state index contributed by atoms with van der Waals surface area (Å²) in [6.07, 6.45) is 4.35. The molecule has 0 aliphatic carbocycles. The number of rotatable bonds is 7. The smallest absolute Gasteiger partial charge is 0.355 e. The van der Waals surface area contributed by atoms with Crippen LogP contribution in [0.15, 0.2) is 54.0 Å². The van der Waals surface area contributed by atoms with Gasteiger partial charge < -0.3 is 14.9 Å². The van der Waals surface area contributed by atoms with Crippen LogP contribution in [0.4, 0.5) is 14.6 Å². The number of fused-ring (bicyclic) bond motifs is 1. The number of phenols is 1. The van der Waals surface area contributed by atoms with Crippen molar-refractivity contribution in [3.05, 3.63) is 82.6 Å². The molecule has 5 rings (SSSR count). The van der Waals surface area contributed by atoms with Gasteiger partial charge >= 0.3 is 5.69 Å². The molecule has 1 amide bonds. The van der Waals surface area contributed by atoms with Gasteiger partial charge in [0.15, 0.2) is 11.5 Å². The highest BCUT2D eigenvalue weighted by Crippen LogP contribution is 2.37. The monoisotopic (exact) mass is 622 g/mol. The Morgan fingerprint density at radius 3 is 2.61 bits per heavy atom. The number of halogens is 2. The third-order valence-corrected chi connectivity index (χ3v) is 8.48. The highest BCUT2D eigenvalue weighted by molar-refractivity contribution is 7.84. The molecule has 0 bridgehead atoms. The molecular formula is C31H32F2N6O4S. The van der Waals surface area contributed by atoms with Crippen molar-refractivity contribution in [3.63, 3.8) is 0 Å². The molecule has 0 radical (unpaired) electrons. The quantitative estimate of drug-likeness (QED) is 0.309. The number of piperazine rings is 1. The molecule has 1 saturated heterocycles. The summed E-state index contributed by atoms with van der Waals surface area (Å²) < 4.78 is 44.6. The first-order chi connectivity index (χ1) is 20.9. The molecule has 4 aromatic rings. The predicted molar refractivity (Wildman–Crippen MR) is 166 cm³/mol. The molecule has 1 N–H and O–H groups in total. The summed E-state index contributed by atoms with van der Waals surface area (Å²) in [7, 11) is -1.29. The van der Waals surface area contributed by atoms with E-state index in [0.717, 1.165) is 12.1 Å². The Bertz CT molecular complexity index is 1860. The van der Waals surface area contributed by atoms with E-state index < -0.39 is 51.2 Å². The SMILES string of the molecule is C=CC(=O)N1CCN(c2nc(=O)n(-c3c(C)ccnc3C(C)C)c3nc(-c4c(O)cccc4F)c(F)cc23)[C@@H](CS(C)=O)C1. The second kappa shape index (κ2) is 12.2. The molecule has 2 atom stereocenters. The van der Waals surface area contributed by atoms with E-state index in [-0.39, 0.29) is 54.1 Å². The van der Waals surface area contributed by atoms with E-state index in [1.807, 2.05) is 13.8 Å². The van der Waals surface area contributed by atoms with Crippen molar-refractivity contribution in [1.29, 1.82) is 0 Å². The van der Waals surface area contributed by atoms with E-state index in [0.29, 0.717) is 16.9 Å². The topological polar surface area (TPSA) is 122 Å². The number of phenolic OH excluding ortho intramolecular Hbond substituents is 1. The first-order valence-electron chi connectivity index (χ1n) is 14.0. The van der Waals surface area contributed by atoms with Gasteiger partial charge in [0.25, 0.3) is 0 Å². The third-order valence-electron chi connectivity index (χ3n) is 7.62. The van der Waals surface area contributed by atoms with Crippen LogP contribution in [0.2, 0.25) is 0 Å². The lowest BCUT2D eigenvalue weighted by atomic mass is 10.0. The zero-order chi connectivity index (χ0) is 31.9. The molecule has 1 aliphatic rings. The van der Waals surface area contributed by atoms with Crippen molar-refractivity contribution in [2.75, 3.05) is 36.5 Å². The molecular weight excluding hydrogens is 590 g/mol. The van der Waals surface area contributed by atoms with Gasteiger partial charge in [-0.2, -0.15) is 4.98 Å². The Morgan fingerprint density at radius 2 is 1.95 bits per heavy atom. The van der Waals surface area contributed by atoms with Crippen molar-refractivity contribution >= 4 is 33.6 Å². The Hall–Kier alpha value is -4.52. The van der Waals surface area contributed by atoms with E-state index in [2.05, 4.69) is 21.5 Å². The maximum Gasteiger partial charge on any atom is 0.355 e. The van der Waals surface area contributed by atoms with Crippen molar-refractivity contribution < 1.29 is 22.9 Å². The number of anilines is 1. The molecule has 1 aromatic carbocycles. The van der Waals surface area contributed by atoms with Crippen LogP contribution in [-0.2, 0) is 15.6 Å². The number of pyridine rings is 2. The normalized spacial score (nSPS) is 16.0. The van der Waals surface area contributed by atoms with Crippen LogP contribution in [0, 0.1) is 18.6 Å². The molecule has 13 heteroatoms. The molecule has 230 valence electrons. The van der Waals surface area contributed by atoms with Crippen LogP contribution < -0.4 is 10.6 Å². The molecule has 1 unspecified atom stereocenters. The van der Waals surface area contributed by atoms with Gasteiger partial charge in [0, 0.05) is 48.6 Å². The number of aryl methyl sites for hydroxylation is 1. The van der Waals surface area contributed by atoms with Crippen molar-refractivity contribution in [3.8, 4) is 22.7 Å². The third kappa shape index (κ3) is 5.59. The molecule has 10 nitrogen and oxygen atoms in total. The lowest BCUT2D eigenvalue weighted by molar-refractivity contribution is -0.126. The molecule has 4 heterocycles. The molecule has 0 spiro atoms. The minimum atomic E-state index is -1.29. The zero-order valence-corrected chi connectivity index (χ0v) is 25.6. The van der Waals surface area contributed by atoms with E-state index >= 15 is 4.39 Å². The lowest BCUT2D eigenvalue weighted by Crippen LogP contribution is -2.57. The number of hydrogen-bond acceptors (Lipinski definition) is 8. The van der Waals surface area contributed by atoms with Gasteiger partial charge in [-0.15, -0.1) is 0 Å². The Balaban J connectivity index is 1.85. The van der Waals surface area contributed by atoms with E-state index in [1.165, 1.54) is 29.0 Å². The first kappa shape index (κ1) is 30.9. The first-order valence-corrected chi connectivity index (χ1v) is 15.7. The van der Waals surface area contributed by atoms with Crippen LogP contribution in [0.3, 0.4) is 0 Å². The van der Waals surface area contributed by atoms with Gasteiger partial charge in [-0.25, -0.2) is 23.1 Å². The molecule has 44 heavy (non-hydrogen) atoms. The van der Waals surface area contributed by atoms with E-state index in [4.69, 9.17) is 0 Å². The number of nitrogens with zero attached hydrogens (tertiary/aromatic N) is 6. The standard InChI is InChI=1S/C31H32F2N6O4S/c1-6-24(41)37-12-13-38(19(15-37)16-44(5)43)29-20-14-22(33)27(25-21(32)8-7-9-23(25)40)35-30(20)39(31(42)36-29)28-18(4)10-11-34-26(28)17(2)3/h6-11,14,17,19,40H,1,12-13,15-16H2,2-5H3/t19-,44?/m1/s1. The molecule has 0 saturated carbocycles. The summed E-state index contributed by atoms with van der Waals surface area (Å²) in [5.41, 5.74) is -0.0518. The summed E-state index contributed by atoms with van der Waals surface area (Å²) >= 11 is 0. The number of carbonyl (C=O) groups excluding carboxylic acids is 1. The number of aromatic hydroxyl groups is 1. The average molecular weight is 623 g/mol. The number of hydrogen-bond donors (Lipinski definition) is 1. The second-order valence-corrected chi connectivity index (χ2v) is 12.4. The fourth-order valence-electron chi connectivity index (χ4n) is 5.61. The Morgan fingerprint density at radius 1 is 1.20 bits per heavy atom. The van der Waals surface area contributed by atoms with Gasteiger partial charge in [-0.05, 0) is 48.7 Å². The Kier molecular flexibility index (Phi) is 8.60. The van der Waals surface area contributed by atoms with Gasteiger partial charge in [0.2, 0.25) is 5.91 Å². The maximum absolute atomic E-state index is 16.0. The molecule has 1 fully saturated rings. The van der Waals surface area contributed by atoms with E-state index in [1.54, 1.807) is 29.0 Å². The van der Waals surface area contributed by atoms with Crippen molar-refractivity contribution in [1.82, 2.24) is 24.4 Å². The highest BCUT2D eigenvalue weighted by atomic mass is 32.2. The highest BCUT2D eigenvalue weighted by Gasteiger charge is 2.33. The van der Waals surface area contributed by atoms with Crippen molar-refractivity contribution in [2.45, 2.75) is 32.7 Å². The summed E-state index contributed by atoms with van der Waals surface area (Å²) in [5, 5.41) is 10.6. The molecule has 3 aromatic heterocycles. The largest absolute Gasteiger partial charge is 0.507 e. The number of carbonyl (C=O) groups is 1. The summed E-state index contributed by atoms with van der Waals surface area (Å²) in [4.78, 5) is 43.2. The lowest BCUT2D eigenvalue weighted by Gasteiger charge is -2.42. The van der Waals surface area contributed by atoms with Crippen LogP contribution in [0.5, 0.6) is 5.75 Å². The minimum Gasteiger partial charge on any atom is -0.507 e. The second-order valence-electron chi connectivity index (χ2n) is 11.0. The van der Waals surface area contributed by atoms with Crippen molar-refractivity contribution in [2.24, 2.45) is 0 Å². The van der Waals surface area contributed by atoms with Gasteiger partial charge in [0.05, 0.1) is 28.4 Å².